The van der Waals surface area contributed by atoms with E-state index in [-0.39, 0.29) is 0 Å². The highest BCUT2D eigenvalue weighted by Crippen LogP contribution is 2.34. The SMILES string of the molecule is Cc1cc(C2CCCCC2)c(N)nn1. The lowest BCUT2D eigenvalue weighted by Crippen LogP contribution is -2.09. The summed E-state index contributed by atoms with van der Waals surface area (Å²) in [6.07, 6.45) is 6.54. The molecule has 1 fully saturated rings. The van der Waals surface area contributed by atoms with Gasteiger partial charge in [0.05, 0.1) is 5.69 Å². The molecule has 76 valence electrons. The van der Waals surface area contributed by atoms with Crippen LogP contribution >= 0.6 is 0 Å². The summed E-state index contributed by atoms with van der Waals surface area (Å²) in [4.78, 5) is 0. The van der Waals surface area contributed by atoms with Gasteiger partial charge in [-0.3, -0.25) is 0 Å². The number of rotatable bonds is 1. The fraction of sp³-hybridized carbons (Fsp3) is 0.636. The third-order valence-corrected chi connectivity index (χ3v) is 3.02. The lowest BCUT2D eigenvalue weighted by Gasteiger charge is -2.22. The van der Waals surface area contributed by atoms with Crippen molar-refractivity contribution in [3.8, 4) is 0 Å². The summed E-state index contributed by atoms with van der Waals surface area (Å²) < 4.78 is 0. The first-order chi connectivity index (χ1) is 6.77. The molecule has 1 saturated carbocycles. The molecular formula is C11H17N3. The lowest BCUT2D eigenvalue weighted by atomic mass is 9.84. The summed E-state index contributed by atoms with van der Waals surface area (Å²) in [6.45, 7) is 1.97. The number of hydrogen-bond acceptors (Lipinski definition) is 3. The maximum absolute atomic E-state index is 5.85. The Kier molecular flexibility index (Phi) is 2.66. The smallest absolute Gasteiger partial charge is 0.149 e. The molecule has 1 aromatic heterocycles. The average Bonchev–Trinajstić information content (AvgIpc) is 2.23. The first-order valence-electron chi connectivity index (χ1n) is 5.37. The molecule has 0 amide bonds. The number of nitrogens with zero attached hydrogens (tertiary/aromatic N) is 2. The van der Waals surface area contributed by atoms with E-state index in [2.05, 4.69) is 16.3 Å². The molecule has 14 heavy (non-hydrogen) atoms. The number of anilines is 1. The molecule has 0 radical (unpaired) electrons. The molecule has 1 aliphatic carbocycles. The molecule has 0 atom stereocenters. The zero-order chi connectivity index (χ0) is 9.97. The second-order valence-corrected chi connectivity index (χ2v) is 4.16. The van der Waals surface area contributed by atoms with Gasteiger partial charge in [-0.25, -0.2) is 0 Å². The molecule has 0 bridgehead atoms. The highest BCUT2D eigenvalue weighted by molar-refractivity contribution is 5.41. The van der Waals surface area contributed by atoms with Gasteiger partial charge in [0.25, 0.3) is 0 Å². The third kappa shape index (κ3) is 1.86. The molecular weight excluding hydrogens is 174 g/mol. The van der Waals surface area contributed by atoms with Crippen molar-refractivity contribution in [2.24, 2.45) is 0 Å². The van der Waals surface area contributed by atoms with Crippen LogP contribution in [0.25, 0.3) is 0 Å². The van der Waals surface area contributed by atoms with Crippen molar-refractivity contribution in [1.29, 1.82) is 0 Å². The third-order valence-electron chi connectivity index (χ3n) is 3.02. The minimum atomic E-state index is 0.623. The predicted molar refractivity (Wildman–Crippen MR) is 57.0 cm³/mol. The second-order valence-electron chi connectivity index (χ2n) is 4.16. The molecule has 1 heterocycles. The van der Waals surface area contributed by atoms with Crippen molar-refractivity contribution in [2.45, 2.75) is 44.9 Å². The van der Waals surface area contributed by atoms with E-state index < -0.39 is 0 Å². The molecule has 1 aromatic rings. The van der Waals surface area contributed by atoms with Gasteiger partial charge < -0.3 is 5.73 Å². The normalized spacial score (nSPS) is 18.4. The van der Waals surface area contributed by atoms with Gasteiger partial charge in [0.1, 0.15) is 5.82 Å². The first kappa shape index (κ1) is 9.44. The summed E-state index contributed by atoms with van der Waals surface area (Å²) in [5.41, 5.74) is 8.04. The first-order valence-corrected chi connectivity index (χ1v) is 5.37. The van der Waals surface area contributed by atoms with E-state index in [9.17, 15) is 0 Å². The van der Waals surface area contributed by atoms with E-state index >= 15 is 0 Å². The summed E-state index contributed by atoms with van der Waals surface area (Å²) in [6, 6.07) is 2.10. The molecule has 2 N–H and O–H groups in total. The van der Waals surface area contributed by atoms with Crippen molar-refractivity contribution in [2.75, 3.05) is 5.73 Å². The van der Waals surface area contributed by atoms with E-state index in [1.807, 2.05) is 6.92 Å². The fourth-order valence-corrected chi connectivity index (χ4v) is 2.26. The van der Waals surface area contributed by atoms with Crippen molar-refractivity contribution >= 4 is 5.82 Å². The number of aryl methyl sites for hydroxylation is 1. The Hall–Kier alpha value is -1.12. The van der Waals surface area contributed by atoms with E-state index in [1.165, 1.54) is 37.7 Å². The Morgan fingerprint density at radius 1 is 1.21 bits per heavy atom. The van der Waals surface area contributed by atoms with Crippen molar-refractivity contribution in [3.63, 3.8) is 0 Å². The van der Waals surface area contributed by atoms with Gasteiger partial charge in [-0.05, 0) is 31.7 Å². The minimum absolute atomic E-state index is 0.623. The number of nitrogens with two attached hydrogens (primary N) is 1. The Balaban J connectivity index is 2.24. The Labute approximate surface area is 84.7 Å². The van der Waals surface area contributed by atoms with Crippen LogP contribution in [0.2, 0.25) is 0 Å². The van der Waals surface area contributed by atoms with Crippen LogP contribution in [0.15, 0.2) is 6.07 Å². The van der Waals surface area contributed by atoms with Crippen LogP contribution in [-0.4, -0.2) is 10.2 Å². The molecule has 0 aliphatic heterocycles. The fourth-order valence-electron chi connectivity index (χ4n) is 2.26. The Morgan fingerprint density at radius 2 is 1.93 bits per heavy atom. The number of nitrogen functional groups attached to an aromatic ring is 1. The molecule has 3 nitrogen and oxygen atoms in total. The van der Waals surface area contributed by atoms with Crippen molar-refractivity contribution in [3.05, 3.63) is 17.3 Å². The molecule has 0 aromatic carbocycles. The van der Waals surface area contributed by atoms with E-state index in [4.69, 9.17) is 5.73 Å². The average molecular weight is 191 g/mol. The van der Waals surface area contributed by atoms with Crippen LogP contribution in [0.3, 0.4) is 0 Å². The highest BCUT2D eigenvalue weighted by atomic mass is 15.1. The van der Waals surface area contributed by atoms with Gasteiger partial charge in [-0.2, -0.15) is 5.10 Å². The van der Waals surface area contributed by atoms with Gasteiger partial charge in [0.15, 0.2) is 0 Å². The standard InChI is InChI=1S/C11H17N3/c1-8-7-10(11(12)14-13-8)9-5-3-2-4-6-9/h7,9H,2-6H2,1H3,(H2,12,14). The molecule has 2 rings (SSSR count). The van der Waals surface area contributed by atoms with Crippen LogP contribution in [0.1, 0.15) is 49.3 Å². The molecule has 1 aliphatic rings. The van der Waals surface area contributed by atoms with Crippen LogP contribution in [-0.2, 0) is 0 Å². The Bertz CT molecular complexity index is 316. The van der Waals surface area contributed by atoms with Gasteiger partial charge in [-0.1, -0.05) is 19.3 Å². The topological polar surface area (TPSA) is 51.8 Å². The maximum atomic E-state index is 5.85. The summed E-state index contributed by atoms with van der Waals surface area (Å²) in [5, 5.41) is 7.94. The van der Waals surface area contributed by atoms with E-state index in [0.29, 0.717) is 11.7 Å². The monoisotopic (exact) mass is 191 g/mol. The van der Waals surface area contributed by atoms with Crippen LogP contribution < -0.4 is 5.73 Å². The van der Waals surface area contributed by atoms with Crippen LogP contribution in [0.4, 0.5) is 5.82 Å². The summed E-state index contributed by atoms with van der Waals surface area (Å²) in [5.74, 6) is 1.25. The Morgan fingerprint density at radius 3 is 2.64 bits per heavy atom. The number of aromatic nitrogens is 2. The quantitative estimate of drug-likeness (QED) is 0.741. The number of hydrogen-bond donors (Lipinski definition) is 1. The molecule has 3 heteroatoms. The zero-order valence-electron chi connectivity index (χ0n) is 8.66. The van der Waals surface area contributed by atoms with Crippen molar-refractivity contribution in [1.82, 2.24) is 10.2 Å². The molecule has 0 spiro atoms. The van der Waals surface area contributed by atoms with Crippen molar-refractivity contribution < 1.29 is 0 Å². The minimum Gasteiger partial charge on any atom is -0.382 e. The second kappa shape index (κ2) is 3.95. The zero-order valence-corrected chi connectivity index (χ0v) is 8.66. The highest BCUT2D eigenvalue weighted by Gasteiger charge is 2.18. The van der Waals surface area contributed by atoms with Crippen LogP contribution in [0, 0.1) is 6.92 Å². The van der Waals surface area contributed by atoms with Gasteiger partial charge >= 0.3 is 0 Å². The van der Waals surface area contributed by atoms with E-state index in [1.54, 1.807) is 0 Å². The molecule has 0 unspecified atom stereocenters. The van der Waals surface area contributed by atoms with Gasteiger partial charge in [-0.15, -0.1) is 5.10 Å². The molecule has 0 saturated heterocycles. The van der Waals surface area contributed by atoms with Crippen LogP contribution in [0.5, 0.6) is 0 Å². The maximum Gasteiger partial charge on any atom is 0.149 e. The van der Waals surface area contributed by atoms with E-state index in [0.717, 1.165) is 5.69 Å². The van der Waals surface area contributed by atoms with Gasteiger partial charge in [0.2, 0.25) is 0 Å². The predicted octanol–water partition coefficient (Wildman–Crippen LogP) is 2.41. The lowest BCUT2D eigenvalue weighted by molar-refractivity contribution is 0.443. The summed E-state index contributed by atoms with van der Waals surface area (Å²) >= 11 is 0. The summed E-state index contributed by atoms with van der Waals surface area (Å²) in [7, 11) is 0. The largest absolute Gasteiger partial charge is 0.382 e. The van der Waals surface area contributed by atoms with Gasteiger partial charge in [0, 0.05) is 5.56 Å².